The Hall–Kier alpha value is -0.440. The van der Waals surface area contributed by atoms with Crippen molar-refractivity contribution >= 4 is 63.8 Å². The zero-order chi connectivity index (χ0) is 15.0. The predicted molar refractivity (Wildman–Crippen MR) is 86.1 cm³/mol. The minimum atomic E-state index is -0.361. The molecule has 0 bridgehead atoms. The lowest BCUT2D eigenvalue weighted by molar-refractivity contribution is 0.103. The number of benzene rings is 2. The van der Waals surface area contributed by atoms with Gasteiger partial charge in [-0.15, -0.1) is 0 Å². The SMILES string of the molecule is Cc1ccc(C(=O)c2c(Cl)cc(Cl)c(Cl)c2Cl)cc1Cl. The third-order valence-electron chi connectivity index (χ3n) is 2.78. The fourth-order valence-corrected chi connectivity index (χ4v) is 2.92. The topological polar surface area (TPSA) is 17.1 Å². The van der Waals surface area contributed by atoms with Gasteiger partial charge in [0.15, 0.2) is 5.78 Å². The Kier molecular flexibility index (Phi) is 4.88. The Bertz CT molecular complexity index is 709. The maximum absolute atomic E-state index is 12.5. The molecule has 104 valence electrons. The number of hydrogen-bond donors (Lipinski definition) is 0. The maximum Gasteiger partial charge on any atom is 0.196 e. The minimum absolute atomic E-state index is 0.0332. The number of ketones is 1. The standard InChI is InChI=1S/C14H7Cl5O/c1-6-2-3-7(4-8(6)15)14(20)11-9(16)5-10(17)12(18)13(11)19/h2-5H,1H3. The van der Waals surface area contributed by atoms with Crippen LogP contribution in [0.1, 0.15) is 21.5 Å². The summed E-state index contributed by atoms with van der Waals surface area (Å²) in [6.45, 7) is 1.84. The highest BCUT2D eigenvalue weighted by molar-refractivity contribution is 6.51. The van der Waals surface area contributed by atoms with E-state index in [1.54, 1.807) is 18.2 Å². The van der Waals surface area contributed by atoms with Gasteiger partial charge in [-0.2, -0.15) is 0 Å². The molecule has 0 atom stereocenters. The first-order valence-corrected chi connectivity index (χ1v) is 7.35. The van der Waals surface area contributed by atoms with E-state index >= 15 is 0 Å². The van der Waals surface area contributed by atoms with Gasteiger partial charge in [0.25, 0.3) is 0 Å². The summed E-state index contributed by atoms with van der Waals surface area (Å²) in [7, 11) is 0. The van der Waals surface area contributed by atoms with Gasteiger partial charge >= 0.3 is 0 Å². The van der Waals surface area contributed by atoms with Crippen molar-refractivity contribution in [2.24, 2.45) is 0 Å². The van der Waals surface area contributed by atoms with Crippen LogP contribution in [0.3, 0.4) is 0 Å². The Morgan fingerprint density at radius 3 is 2.10 bits per heavy atom. The number of rotatable bonds is 2. The van der Waals surface area contributed by atoms with Gasteiger partial charge in [0.1, 0.15) is 0 Å². The summed E-state index contributed by atoms with van der Waals surface area (Å²) in [6.07, 6.45) is 0. The molecule has 0 saturated heterocycles. The van der Waals surface area contributed by atoms with E-state index in [0.717, 1.165) is 5.56 Å². The van der Waals surface area contributed by atoms with Gasteiger partial charge in [-0.05, 0) is 24.6 Å². The molecule has 0 amide bonds. The van der Waals surface area contributed by atoms with Crippen molar-refractivity contribution in [3.63, 3.8) is 0 Å². The molecular formula is C14H7Cl5O. The van der Waals surface area contributed by atoms with E-state index in [-0.39, 0.29) is 31.4 Å². The van der Waals surface area contributed by atoms with Gasteiger partial charge in [0.05, 0.1) is 25.7 Å². The summed E-state index contributed by atoms with van der Waals surface area (Å²) >= 11 is 29.9. The van der Waals surface area contributed by atoms with Crippen LogP contribution in [0.4, 0.5) is 0 Å². The second-order valence-corrected chi connectivity index (χ2v) is 6.11. The molecule has 0 aliphatic heterocycles. The van der Waals surface area contributed by atoms with E-state index in [4.69, 9.17) is 58.0 Å². The van der Waals surface area contributed by atoms with E-state index in [1.165, 1.54) is 6.07 Å². The molecular weight excluding hydrogens is 361 g/mol. The van der Waals surface area contributed by atoms with Crippen molar-refractivity contribution in [3.8, 4) is 0 Å². The summed E-state index contributed by atoms with van der Waals surface area (Å²) in [5, 5.41) is 0.958. The van der Waals surface area contributed by atoms with Gasteiger partial charge in [0, 0.05) is 10.6 Å². The highest BCUT2D eigenvalue weighted by Crippen LogP contribution is 2.38. The maximum atomic E-state index is 12.5. The van der Waals surface area contributed by atoms with Gasteiger partial charge in [-0.3, -0.25) is 4.79 Å². The highest BCUT2D eigenvalue weighted by atomic mass is 35.5. The molecule has 0 spiro atoms. The van der Waals surface area contributed by atoms with Crippen molar-refractivity contribution in [1.29, 1.82) is 0 Å². The van der Waals surface area contributed by atoms with E-state index in [2.05, 4.69) is 0 Å². The smallest absolute Gasteiger partial charge is 0.196 e. The summed E-state index contributed by atoms with van der Waals surface area (Å²) in [6, 6.07) is 6.35. The van der Waals surface area contributed by atoms with Crippen LogP contribution in [0, 0.1) is 6.92 Å². The number of carbonyl (C=O) groups excluding carboxylic acids is 1. The molecule has 0 aliphatic rings. The molecule has 0 aliphatic carbocycles. The second-order valence-electron chi connectivity index (χ2n) is 4.14. The van der Waals surface area contributed by atoms with Gasteiger partial charge in [-0.1, -0.05) is 70.1 Å². The molecule has 2 aromatic carbocycles. The first kappa shape index (κ1) is 15.9. The van der Waals surface area contributed by atoms with Crippen molar-refractivity contribution in [2.45, 2.75) is 6.92 Å². The lowest BCUT2D eigenvalue weighted by atomic mass is 10.0. The Balaban J connectivity index is 2.59. The van der Waals surface area contributed by atoms with Gasteiger partial charge < -0.3 is 0 Å². The highest BCUT2D eigenvalue weighted by Gasteiger charge is 2.21. The number of hydrogen-bond acceptors (Lipinski definition) is 1. The van der Waals surface area contributed by atoms with E-state index < -0.39 is 0 Å². The largest absolute Gasteiger partial charge is 0.288 e. The van der Waals surface area contributed by atoms with Crippen LogP contribution in [0.15, 0.2) is 24.3 Å². The predicted octanol–water partition coefficient (Wildman–Crippen LogP) is 6.49. The minimum Gasteiger partial charge on any atom is -0.288 e. The molecule has 0 N–H and O–H groups in total. The van der Waals surface area contributed by atoms with Crippen molar-refractivity contribution in [1.82, 2.24) is 0 Å². The molecule has 6 heteroatoms. The van der Waals surface area contributed by atoms with Crippen LogP contribution in [0.25, 0.3) is 0 Å². The van der Waals surface area contributed by atoms with Crippen LogP contribution in [-0.4, -0.2) is 5.78 Å². The Labute approximate surface area is 141 Å². The average molecular weight is 368 g/mol. The first-order valence-electron chi connectivity index (χ1n) is 5.46. The number of carbonyl (C=O) groups is 1. The molecule has 0 radical (unpaired) electrons. The van der Waals surface area contributed by atoms with Crippen molar-refractivity contribution < 1.29 is 4.79 Å². The number of halogens is 5. The molecule has 0 aromatic heterocycles. The van der Waals surface area contributed by atoms with Gasteiger partial charge in [0.2, 0.25) is 0 Å². The third-order valence-corrected chi connectivity index (χ3v) is 4.74. The first-order chi connectivity index (χ1) is 9.32. The molecule has 2 rings (SSSR count). The van der Waals surface area contributed by atoms with Crippen LogP contribution in [0.5, 0.6) is 0 Å². The summed E-state index contributed by atoms with van der Waals surface area (Å²) < 4.78 is 0. The van der Waals surface area contributed by atoms with E-state index in [9.17, 15) is 4.79 Å². The lowest BCUT2D eigenvalue weighted by Gasteiger charge is -2.10. The molecule has 0 saturated carbocycles. The summed E-state index contributed by atoms with van der Waals surface area (Å²) in [5.74, 6) is -0.361. The molecule has 20 heavy (non-hydrogen) atoms. The quantitative estimate of drug-likeness (QED) is 0.336. The third kappa shape index (κ3) is 2.93. The average Bonchev–Trinajstić information content (AvgIpc) is 2.39. The van der Waals surface area contributed by atoms with Crippen LogP contribution in [-0.2, 0) is 0 Å². The zero-order valence-corrected chi connectivity index (χ0v) is 13.9. The molecule has 1 nitrogen and oxygen atoms in total. The number of aryl methyl sites for hydroxylation is 1. The van der Waals surface area contributed by atoms with Crippen molar-refractivity contribution in [3.05, 3.63) is 66.1 Å². The summed E-state index contributed by atoms with van der Waals surface area (Å²) in [4.78, 5) is 12.5. The monoisotopic (exact) mass is 366 g/mol. The summed E-state index contributed by atoms with van der Waals surface area (Å²) in [5.41, 5.74) is 1.36. The van der Waals surface area contributed by atoms with Crippen LogP contribution in [0.2, 0.25) is 25.1 Å². The van der Waals surface area contributed by atoms with Gasteiger partial charge in [-0.25, -0.2) is 0 Å². The molecule has 2 aromatic rings. The van der Waals surface area contributed by atoms with E-state index in [1.807, 2.05) is 6.92 Å². The lowest BCUT2D eigenvalue weighted by Crippen LogP contribution is -2.04. The fourth-order valence-electron chi connectivity index (χ4n) is 1.65. The van der Waals surface area contributed by atoms with Crippen molar-refractivity contribution in [2.75, 3.05) is 0 Å². The Morgan fingerprint density at radius 2 is 1.50 bits per heavy atom. The van der Waals surface area contributed by atoms with E-state index in [0.29, 0.717) is 10.6 Å². The zero-order valence-electron chi connectivity index (χ0n) is 10.1. The molecule has 0 fully saturated rings. The normalized spacial score (nSPS) is 10.7. The molecule has 0 unspecified atom stereocenters. The second kappa shape index (κ2) is 6.13. The molecule has 0 heterocycles. The Morgan fingerprint density at radius 1 is 0.850 bits per heavy atom. The van der Waals surface area contributed by atoms with Crippen LogP contribution < -0.4 is 0 Å². The fraction of sp³-hybridized carbons (Fsp3) is 0.0714. The van der Waals surface area contributed by atoms with Crippen LogP contribution >= 0.6 is 58.0 Å².